The fourth-order valence-corrected chi connectivity index (χ4v) is 3.68. The van der Waals surface area contributed by atoms with E-state index in [0.29, 0.717) is 6.10 Å². The highest BCUT2D eigenvalue weighted by atomic mass is 32.1. The summed E-state index contributed by atoms with van der Waals surface area (Å²) in [5.41, 5.74) is 1.80. The van der Waals surface area contributed by atoms with Crippen LogP contribution < -0.4 is 5.32 Å². The van der Waals surface area contributed by atoms with Gasteiger partial charge in [-0.2, -0.15) is 15.9 Å². The maximum absolute atomic E-state index is 5.88. The minimum Gasteiger partial charge on any atom is -0.378 e. The van der Waals surface area contributed by atoms with Crippen LogP contribution in [-0.2, 0) is 4.74 Å². The number of hydrogen-bond donors (Lipinski definition) is 1. The Hall–Kier alpha value is -1.99. The molecule has 1 saturated carbocycles. The highest BCUT2D eigenvalue weighted by Crippen LogP contribution is 2.22. The molecule has 7 heteroatoms. The van der Waals surface area contributed by atoms with Crippen molar-refractivity contribution in [3.8, 4) is 11.4 Å². The highest BCUT2D eigenvalue weighted by Gasteiger charge is 2.14. The first kappa shape index (κ1) is 15.5. The summed E-state index contributed by atoms with van der Waals surface area (Å²) in [6, 6.07) is 5.91. The molecule has 0 atom stereocenters. The quantitative estimate of drug-likeness (QED) is 0.664. The van der Waals surface area contributed by atoms with E-state index >= 15 is 0 Å². The molecule has 0 unspecified atom stereocenters. The van der Waals surface area contributed by atoms with Crippen LogP contribution in [0.3, 0.4) is 0 Å². The summed E-state index contributed by atoms with van der Waals surface area (Å²) in [6.07, 6.45) is 6.56. The Kier molecular flexibility index (Phi) is 4.71. The second-order valence-corrected chi connectivity index (χ2v) is 6.86. The number of aromatic nitrogens is 4. The van der Waals surface area contributed by atoms with E-state index in [1.54, 1.807) is 15.9 Å². The van der Waals surface area contributed by atoms with Gasteiger partial charge in [-0.3, -0.25) is 0 Å². The van der Waals surface area contributed by atoms with Gasteiger partial charge in [0.15, 0.2) is 11.5 Å². The highest BCUT2D eigenvalue weighted by molar-refractivity contribution is 7.08. The summed E-state index contributed by atoms with van der Waals surface area (Å²) < 4.78 is 7.67. The zero-order chi connectivity index (χ0) is 16.2. The van der Waals surface area contributed by atoms with E-state index in [1.165, 1.54) is 25.7 Å². The number of nitrogens with one attached hydrogen (secondary N) is 1. The second-order valence-electron chi connectivity index (χ2n) is 6.08. The lowest BCUT2D eigenvalue weighted by atomic mass is 10.3. The summed E-state index contributed by atoms with van der Waals surface area (Å²) in [4.78, 5) is 0. The van der Waals surface area contributed by atoms with Crippen molar-refractivity contribution in [3.05, 3.63) is 29.0 Å². The van der Waals surface area contributed by atoms with Crippen LogP contribution in [0.2, 0.25) is 0 Å². The van der Waals surface area contributed by atoms with E-state index in [0.717, 1.165) is 42.4 Å². The van der Waals surface area contributed by atoms with Gasteiger partial charge < -0.3 is 10.1 Å². The molecule has 0 bridgehead atoms. The Morgan fingerprint density at radius 3 is 2.96 bits per heavy atom. The second kappa shape index (κ2) is 7.27. The fraction of sp³-hybridized carbons (Fsp3) is 0.471. The molecule has 0 spiro atoms. The molecule has 3 aromatic rings. The molecule has 4 rings (SSSR count). The van der Waals surface area contributed by atoms with Gasteiger partial charge in [0.25, 0.3) is 0 Å². The van der Waals surface area contributed by atoms with Gasteiger partial charge in [0.2, 0.25) is 0 Å². The van der Waals surface area contributed by atoms with Gasteiger partial charge in [0.1, 0.15) is 5.82 Å². The lowest BCUT2D eigenvalue weighted by molar-refractivity contribution is 0.0583. The number of fused-ring (bicyclic) bond motifs is 1. The van der Waals surface area contributed by atoms with Crippen LogP contribution >= 0.6 is 11.3 Å². The van der Waals surface area contributed by atoms with Crippen LogP contribution in [0.25, 0.3) is 17.0 Å². The first-order valence-corrected chi connectivity index (χ1v) is 9.45. The number of hydrogen-bond acceptors (Lipinski definition) is 6. The Morgan fingerprint density at radius 1 is 1.21 bits per heavy atom. The number of thiophene rings is 1. The summed E-state index contributed by atoms with van der Waals surface area (Å²) in [7, 11) is 0. The minimum absolute atomic E-state index is 0.490. The van der Waals surface area contributed by atoms with Gasteiger partial charge in [-0.15, -0.1) is 15.3 Å². The first-order valence-electron chi connectivity index (χ1n) is 8.51. The van der Waals surface area contributed by atoms with Gasteiger partial charge >= 0.3 is 0 Å². The molecule has 1 aliphatic rings. The molecule has 1 N–H and O–H groups in total. The van der Waals surface area contributed by atoms with Crippen LogP contribution in [0.15, 0.2) is 29.0 Å². The van der Waals surface area contributed by atoms with Gasteiger partial charge in [0, 0.05) is 24.1 Å². The zero-order valence-corrected chi connectivity index (χ0v) is 14.3. The average molecular weight is 343 g/mol. The number of ether oxygens (including phenoxy) is 1. The SMILES string of the molecule is c1cc(-c2nnc3ccc(NCCCOC4CCCC4)nn23)cs1. The molecule has 0 aliphatic heterocycles. The zero-order valence-electron chi connectivity index (χ0n) is 13.5. The van der Waals surface area contributed by atoms with E-state index in [4.69, 9.17) is 4.74 Å². The summed E-state index contributed by atoms with van der Waals surface area (Å²) in [5.74, 6) is 1.61. The average Bonchev–Trinajstić information content (AvgIpc) is 3.35. The molecule has 3 aromatic heterocycles. The van der Waals surface area contributed by atoms with Crippen molar-refractivity contribution in [2.45, 2.75) is 38.2 Å². The normalized spacial score (nSPS) is 15.3. The Balaban J connectivity index is 1.35. The van der Waals surface area contributed by atoms with E-state index in [-0.39, 0.29) is 0 Å². The lowest BCUT2D eigenvalue weighted by Gasteiger charge is -2.11. The van der Waals surface area contributed by atoms with Gasteiger partial charge in [-0.25, -0.2) is 0 Å². The standard InChI is InChI=1S/C17H21N5OS/c1-2-5-14(4-1)23-10-3-9-18-15-6-7-16-19-20-17(22(16)21-15)13-8-11-24-12-13/h6-8,11-12,14H,1-5,9-10H2,(H,18,21). The molecular formula is C17H21N5OS. The summed E-state index contributed by atoms with van der Waals surface area (Å²) in [5, 5.41) is 20.5. The Bertz CT molecular complexity index is 779. The number of nitrogens with zero attached hydrogens (tertiary/aromatic N) is 4. The first-order chi connectivity index (χ1) is 11.9. The predicted molar refractivity (Wildman–Crippen MR) is 95.4 cm³/mol. The predicted octanol–water partition coefficient (Wildman–Crippen LogP) is 3.61. The van der Waals surface area contributed by atoms with Gasteiger partial charge in [0.05, 0.1) is 6.10 Å². The molecular weight excluding hydrogens is 322 g/mol. The van der Waals surface area contributed by atoms with E-state index in [2.05, 4.69) is 26.0 Å². The monoisotopic (exact) mass is 343 g/mol. The van der Waals surface area contributed by atoms with Crippen LogP contribution in [0.5, 0.6) is 0 Å². The largest absolute Gasteiger partial charge is 0.378 e. The Labute approximate surface area is 144 Å². The number of anilines is 1. The molecule has 1 aliphatic carbocycles. The van der Waals surface area contributed by atoms with E-state index < -0.39 is 0 Å². The Morgan fingerprint density at radius 2 is 2.12 bits per heavy atom. The molecule has 1 fully saturated rings. The third-order valence-electron chi connectivity index (χ3n) is 4.33. The molecule has 0 saturated heterocycles. The van der Waals surface area contributed by atoms with Crippen molar-refractivity contribution < 1.29 is 4.74 Å². The maximum Gasteiger partial charge on any atom is 0.186 e. The third-order valence-corrected chi connectivity index (χ3v) is 5.01. The number of rotatable bonds is 7. The van der Waals surface area contributed by atoms with Crippen molar-refractivity contribution in [2.75, 3.05) is 18.5 Å². The summed E-state index contributed by atoms with van der Waals surface area (Å²) in [6.45, 7) is 1.66. The van der Waals surface area contributed by atoms with Gasteiger partial charge in [-0.1, -0.05) is 12.8 Å². The molecule has 0 radical (unpaired) electrons. The lowest BCUT2D eigenvalue weighted by Crippen LogP contribution is -2.12. The summed E-state index contributed by atoms with van der Waals surface area (Å²) >= 11 is 1.64. The molecule has 24 heavy (non-hydrogen) atoms. The van der Waals surface area contributed by atoms with E-state index in [9.17, 15) is 0 Å². The third kappa shape index (κ3) is 3.42. The fourth-order valence-electron chi connectivity index (χ4n) is 3.05. The minimum atomic E-state index is 0.490. The van der Waals surface area contributed by atoms with Crippen LogP contribution in [0.1, 0.15) is 32.1 Å². The van der Waals surface area contributed by atoms with Crippen LogP contribution in [0, 0.1) is 0 Å². The van der Waals surface area contributed by atoms with Crippen LogP contribution in [-0.4, -0.2) is 39.1 Å². The molecule has 6 nitrogen and oxygen atoms in total. The van der Waals surface area contributed by atoms with Crippen molar-refractivity contribution in [3.63, 3.8) is 0 Å². The van der Waals surface area contributed by atoms with E-state index in [1.807, 2.05) is 23.6 Å². The van der Waals surface area contributed by atoms with Crippen LogP contribution in [0.4, 0.5) is 5.82 Å². The van der Waals surface area contributed by atoms with Crippen molar-refractivity contribution in [1.29, 1.82) is 0 Å². The molecule has 126 valence electrons. The topological polar surface area (TPSA) is 64.3 Å². The van der Waals surface area contributed by atoms with Crippen molar-refractivity contribution >= 4 is 22.8 Å². The molecule has 3 heterocycles. The molecule has 0 aromatic carbocycles. The maximum atomic E-state index is 5.88. The smallest absolute Gasteiger partial charge is 0.186 e. The van der Waals surface area contributed by atoms with Crippen molar-refractivity contribution in [1.82, 2.24) is 19.8 Å². The van der Waals surface area contributed by atoms with Gasteiger partial charge in [-0.05, 0) is 42.8 Å². The van der Waals surface area contributed by atoms with Crippen molar-refractivity contribution in [2.24, 2.45) is 0 Å². The molecule has 0 amide bonds.